The molecule has 10 rings (SSSR count). The van der Waals surface area contributed by atoms with Gasteiger partial charge in [0, 0.05) is 36.9 Å². The zero-order chi connectivity index (χ0) is 30.9. The molecule has 2 heterocycles. The van der Waals surface area contributed by atoms with Crippen molar-refractivity contribution in [1.82, 2.24) is 0 Å². The van der Waals surface area contributed by atoms with Gasteiger partial charge in [0.15, 0.2) is 0 Å². The van der Waals surface area contributed by atoms with Crippen LogP contribution in [-0.2, 0) is 0 Å². The lowest BCUT2D eigenvalue weighted by molar-refractivity contribution is 0.669. The topological polar surface area (TPSA) is 16.4 Å². The SMILES string of the molecule is c1ccc2c(c1)ccc1ccc(N(c3ccc(-c4cccc5c4sc4ccccc45)cc3)c3cccc4oc5ccccc5c34)cc12. The first kappa shape index (κ1) is 26.3. The van der Waals surface area contributed by atoms with Gasteiger partial charge in [-0.1, -0.05) is 115 Å². The summed E-state index contributed by atoms with van der Waals surface area (Å²) in [6.07, 6.45) is 0. The number of nitrogens with zero attached hydrogens (tertiary/aromatic N) is 1. The molecule has 10 aromatic rings. The molecule has 0 atom stereocenters. The molecule has 0 radical (unpaired) electrons. The van der Waals surface area contributed by atoms with Crippen molar-refractivity contribution in [3.05, 3.63) is 164 Å². The van der Waals surface area contributed by atoms with Crippen LogP contribution in [0.5, 0.6) is 0 Å². The van der Waals surface area contributed by atoms with Gasteiger partial charge in [0.25, 0.3) is 0 Å². The van der Waals surface area contributed by atoms with Gasteiger partial charge in [0.2, 0.25) is 0 Å². The predicted octanol–water partition coefficient (Wildman–Crippen LogP) is 13.4. The molecule has 3 heteroatoms. The van der Waals surface area contributed by atoms with E-state index in [9.17, 15) is 0 Å². The first-order valence-electron chi connectivity index (χ1n) is 15.9. The normalized spacial score (nSPS) is 11.8. The lowest BCUT2D eigenvalue weighted by Crippen LogP contribution is -2.10. The predicted molar refractivity (Wildman–Crippen MR) is 202 cm³/mol. The summed E-state index contributed by atoms with van der Waals surface area (Å²) >= 11 is 1.87. The van der Waals surface area contributed by atoms with E-state index in [0.29, 0.717) is 0 Å². The van der Waals surface area contributed by atoms with Crippen molar-refractivity contribution in [3.63, 3.8) is 0 Å². The highest BCUT2D eigenvalue weighted by molar-refractivity contribution is 7.26. The number of hydrogen-bond donors (Lipinski definition) is 0. The molecule has 0 N–H and O–H groups in total. The van der Waals surface area contributed by atoms with Crippen LogP contribution in [0.2, 0.25) is 0 Å². The molecule has 2 aromatic heterocycles. The highest BCUT2D eigenvalue weighted by Crippen LogP contribution is 2.45. The molecule has 0 saturated heterocycles. The lowest BCUT2D eigenvalue weighted by atomic mass is 10.00. The Hall–Kier alpha value is -5.90. The highest BCUT2D eigenvalue weighted by atomic mass is 32.1. The Labute approximate surface area is 275 Å². The van der Waals surface area contributed by atoms with Crippen molar-refractivity contribution in [2.45, 2.75) is 0 Å². The third kappa shape index (κ3) is 4.10. The molecule has 8 aromatic carbocycles. The van der Waals surface area contributed by atoms with Crippen LogP contribution in [0.3, 0.4) is 0 Å². The van der Waals surface area contributed by atoms with Crippen molar-refractivity contribution in [2.24, 2.45) is 0 Å². The molecule has 0 spiro atoms. The average Bonchev–Trinajstić information content (AvgIpc) is 3.71. The van der Waals surface area contributed by atoms with E-state index in [-0.39, 0.29) is 0 Å². The Morgan fingerprint density at radius 3 is 2.00 bits per heavy atom. The molecule has 0 aliphatic heterocycles. The molecule has 0 bridgehead atoms. The highest BCUT2D eigenvalue weighted by Gasteiger charge is 2.20. The van der Waals surface area contributed by atoms with E-state index in [2.05, 4.69) is 163 Å². The van der Waals surface area contributed by atoms with Gasteiger partial charge in [0.05, 0.1) is 11.1 Å². The van der Waals surface area contributed by atoms with Crippen molar-refractivity contribution in [3.8, 4) is 11.1 Å². The number of thiophene rings is 1. The molecule has 47 heavy (non-hydrogen) atoms. The number of rotatable bonds is 4. The molecule has 0 aliphatic rings. The summed E-state index contributed by atoms with van der Waals surface area (Å²) in [6, 6.07) is 59.0. The van der Waals surface area contributed by atoms with E-state index in [1.54, 1.807) is 0 Å². The van der Waals surface area contributed by atoms with E-state index in [1.807, 2.05) is 17.4 Å². The summed E-state index contributed by atoms with van der Waals surface area (Å²) in [6.45, 7) is 0. The van der Waals surface area contributed by atoms with Gasteiger partial charge >= 0.3 is 0 Å². The molecule has 220 valence electrons. The maximum atomic E-state index is 6.36. The summed E-state index contributed by atoms with van der Waals surface area (Å²) in [5.74, 6) is 0. The Bertz CT molecular complexity index is 2810. The van der Waals surface area contributed by atoms with Crippen molar-refractivity contribution in [2.75, 3.05) is 4.90 Å². The van der Waals surface area contributed by atoms with Gasteiger partial charge in [0.1, 0.15) is 11.2 Å². The van der Waals surface area contributed by atoms with E-state index in [0.717, 1.165) is 39.0 Å². The van der Waals surface area contributed by atoms with Gasteiger partial charge in [-0.25, -0.2) is 0 Å². The Balaban J connectivity index is 1.19. The van der Waals surface area contributed by atoms with Crippen LogP contribution in [0.15, 0.2) is 168 Å². The Kier molecular flexibility index (Phi) is 5.78. The van der Waals surface area contributed by atoms with Gasteiger partial charge in [-0.3, -0.25) is 0 Å². The third-order valence-corrected chi connectivity index (χ3v) is 10.7. The molecule has 0 saturated carbocycles. The first-order chi connectivity index (χ1) is 23.3. The number of benzene rings is 8. The number of hydrogen-bond acceptors (Lipinski definition) is 3. The van der Waals surface area contributed by atoms with Gasteiger partial charge in [-0.2, -0.15) is 0 Å². The lowest BCUT2D eigenvalue weighted by Gasteiger charge is -2.27. The van der Waals surface area contributed by atoms with Crippen molar-refractivity contribution < 1.29 is 4.42 Å². The fraction of sp³-hybridized carbons (Fsp3) is 0. The van der Waals surface area contributed by atoms with Gasteiger partial charge in [-0.15, -0.1) is 11.3 Å². The minimum atomic E-state index is 0.882. The molecule has 0 unspecified atom stereocenters. The second kappa shape index (κ2) is 10.3. The monoisotopic (exact) mass is 617 g/mol. The largest absolute Gasteiger partial charge is 0.456 e. The second-order valence-electron chi connectivity index (χ2n) is 12.1. The van der Waals surface area contributed by atoms with Crippen LogP contribution in [0.4, 0.5) is 17.1 Å². The van der Waals surface area contributed by atoms with E-state index in [4.69, 9.17) is 4.42 Å². The van der Waals surface area contributed by atoms with Crippen LogP contribution in [-0.4, -0.2) is 0 Å². The quantitative estimate of drug-likeness (QED) is 0.183. The smallest absolute Gasteiger partial charge is 0.137 e. The Morgan fingerprint density at radius 1 is 0.447 bits per heavy atom. The summed E-state index contributed by atoms with van der Waals surface area (Å²) in [5.41, 5.74) is 7.54. The van der Waals surface area contributed by atoms with Crippen LogP contribution >= 0.6 is 11.3 Å². The van der Waals surface area contributed by atoms with E-state index >= 15 is 0 Å². The minimum absolute atomic E-state index is 0.882. The number of para-hydroxylation sites is 1. The fourth-order valence-corrected chi connectivity index (χ4v) is 8.50. The van der Waals surface area contributed by atoms with Gasteiger partial charge in [-0.05, 0) is 81.2 Å². The second-order valence-corrected chi connectivity index (χ2v) is 13.2. The first-order valence-corrected chi connectivity index (χ1v) is 16.7. The third-order valence-electron chi connectivity index (χ3n) is 9.45. The average molecular weight is 618 g/mol. The van der Waals surface area contributed by atoms with Crippen molar-refractivity contribution >= 4 is 92.1 Å². The molecule has 0 aliphatic carbocycles. The Morgan fingerprint density at radius 2 is 1.11 bits per heavy atom. The minimum Gasteiger partial charge on any atom is -0.456 e. The van der Waals surface area contributed by atoms with Crippen LogP contribution < -0.4 is 4.90 Å². The van der Waals surface area contributed by atoms with Crippen molar-refractivity contribution in [1.29, 1.82) is 0 Å². The maximum absolute atomic E-state index is 6.36. The number of anilines is 3. The summed E-state index contributed by atoms with van der Waals surface area (Å²) in [7, 11) is 0. The van der Waals surface area contributed by atoms with Gasteiger partial charge < -0.3 is 9.32 Å². The van der Waals surface area contributed by atoms with Crippen LogP contribution in [0.1, 0.15) is 0 Å². The summed E-state index contributed by atoms with van der Waals surface area (Å²) < 4.78 is 9.01. The van der Waals surface area contributed by atoms with Crippen LogP contribution in [0.25, 0.3) is 74.8 Å². The van der Waals surface area contributed by atoms with E-state index in [1.165, 1.54) is 52.8 Å². The summed E-state index contributed by atoms with van der Waals surface area (Å²) in [5, 5.41) is 9.82. The maximum Gasteiger partial charge on any atom is 0.137 e. The standard InChI is InChI=1S/C44H27NOS/c1-2-10-33-28(9-1)19-20-30-23-26-32(27-38(30)33)45(39-15-8-17-41-43(39)37-12-3-5-16-40(37)46-41)31-24-21-29(22-25-31)34-13-7-14-36-35-11-4-6-18-42(35)47-44(34)36/h1-27H. The zero-order valence-corrected chi connectivity index (χ0v) is 26.2. The molecule has 0 fully saturated rings. The fourth-order valence-electron chi connectivity index (χ4n) is 7.26. The molecule has 2 nitrogen and oxygen atoms in total. The van der Waals surface area contributed by atoms with Crippen LogP contribution in [0, 0.1) is 0 Å². The van der Waals surface area contributed by atoms with E-state index < -0.39 is 0 Å². The summed E-state index contributed by atoms with van der Waals surface area (Å²) in [4.78, 5) is 2.38. The molecular weight excluding hydrogens is 591 g/mol. The number of furan rings is 1. The zero-order valence-electron chi connectivity index (χ0n) is 25.4. The molecular formula is C44H27NOS. The molecule has 0 amide bonds. The number of fused-ring (bicyclic) bond motifs is 9.